The topological polar surface area (TPSA) is 56.9 Å². The van der Waals surface area contributed by atoms with E-state index in [1.165, 1.54) is 0 Å². The molecule has 1 fully saturated rings. The van der Waals surface area contributed by atoms with Crippen LogP contribution in [0.25, 0.3) is 0 Å². The Bertz CT molecular complexity index is 484. The summed E-state index contributed by atoms with van der Waals surface area (Å²) in [7, 11) is 0. The largest absolute Gasteiger partial charge is 0.376 e. The first-order valence-electron chi connectivity index (χ1n) is 5.17. The van der Waals surface area contributed by atoms with Crippen molar-refractivity contribution in [1.29, 1.82) is 5.26 Å². The van der Waals surface area contributed by atoms with Crippen LogP contribution in [0.3, 0.4) is 0 Å². The molecular formula is C13H12N2O. The Balaban J connectivity index is 2.23. The molecule has 1 atom stereocenters. The van der Waals surface area contributed by atoms with Gasteiger partial charge in [0.05, 0.1) is 11.5 Å². The third-order valence-corrected chi connectivity index (χ3v) is 2.99. The summed E-state index contributed by atoms with van der Waals surface area (Å²) in [5.41, 5.74) is -1.31. The Morgan fingerprint density at radius 2 is 2.25 bits per heavy atom. The second-order valence-corrected chi connectivity index (χ2v) is 4.23. The number of aliphatic hydroxyl groups is 1. The zero-order valence-corrected chi connectivity index (χ0v) is 9.07. The Hall–Kier alpha value is -1.84. The van der Waals surface area contributed by atoms with Crippen LogP contribution in [0, 0.1) is 28.6 Å². The van der Waals surface area contributed by atoms with Crippen molar-refractivity contribution in [2.24, 2.45) is 5.41 Å². The lowest BCUT2D eigenvalue weighted by atomic mass is 9.87. The smallest absolute Gasteiger partial charge is 0.141 e. The molecule has 0 radical (unpaired) electrons. The molecule has 1 aromatic heterocycles. The number of pyridine rings is 1. The molecule has 1 saturated carbocycles. The Kier molecular flexibility index (Phi) is 2.42. The highest BCUT2D eigenvalue weighted by molar-refractivity contribution is 5.35. The van der Waals surface area contributed by atoms with Crippen molar-refractivity contribution in [3.05, 3.63) is 30.1 Å². The van der Waals surface area contributed by atoms with Crippen LogP contribution in [0.2, 0.25) is 0 Å². The summed E-state index contributed by atoms with van der Waals surface area (Å²) in [4.78, 5) is 4.04. The van der Waals surface area contributed by atoms with E-state index < -0.39 is 11.0 Å². The van der Waals surface area contributed by atoms with Gasteiger partial charge in [0.25, 0.3) is 0 Å². The van der Waals surface area contributed by atoms with Crippen molar-refractivity contribution in [3.63, 3.8) is 0 Å². The molecule has 0 spiro atoms. The first-order chi connectivity index (χ1) is 7.60. The van der Waals surface area contributed by atoms with Crippen LogP contribution >= 0.6 is 0 Å². The minimum absolute atomic E-state index is 0.608. The molecule has 2 rings (SSSR count). The maximum Gasteiger partial charge on any atom is 0.141 e. The van der Waals surface area contributed by atoms with E-state index in [0.29, 0.717) is 18.5 Å². The van der Waals surface area contributed by atoms with E-state index in [1.807, 2.05) is 6.07 Å². The monoisotopic (exact) mass is 212 g/mol. The van der Waals surface area contributed by atoms with Gasteiger partial charge in [-0.05, 0) is 37.8 Å². The predicted molar refractivity (Wildman–Crippen MR) is 59.0 cm³/mol. The van der Waals surface area contributed by atoms with E-state index in [9.17, 15) is 5.11 Å². The van der Waals surface area contributed by atoms with E-state index in [4.69, 9.17) is 5.26 Å². The van der Waals surface area contributed by atoms with Crippen molar-refractivity contribution in [2.75, 3.05) is 0 Å². The highest BCUT2D eigenvalue weighted by Crippen LogP contribution is 2.53. The SMILES string of the molecule is C[C@](O)(C#Cc1ccccn1)C1(C#N)CC1. The van der Waals surface area contributed by atoms with Gasteiger partial charge in [-0.3, -0.25) is 0 Å². The zero-order valence-electron chi connectivity index (χ0n) is 9.07. The summed E-state index contributed by atoms with van der Waals surface area (Å²) in [6.07, 6.45) is 3.08. The second-order valence-electron chi connectivity index (χ2n) is 4.23. The minimum Gasteiger partial charge on any atom is -0.376 e. The summed E-state index contributed by atoms with van der Waals surface area (Å²) in [5, 5.41) is 19.1. The van der Waals surface area contributed by atoms with Gasteiger partial charge in [0.15, 0.2) is 0 Å². The lowest BCUT2D eigenvalue weighted by molar-refractivity contribution is 0.0682. The molecule has 0 unspecified atom stereocenters. The second kappa shape index (κ2) is 3.63. The molecule has 1 aromatic rings. The minimum atomic E-state index is -1.25. The van der Waals surface area contributed by atoms with Crippen LogP contribution in [0.5, 0.6) is 0 Å². The summed E-state index contributed by atoms with van der Waals surface area (Å²) in [6, 6.07) is 7.57. The van der Waals surface area contributed by atoms with Gasteiger partial charge in [-0.2, -0.15) is 5.26 Å². The van der Waals surface area contributed by atoms with E-state index >= 15 is 0 Å². The van der Waals surface area contributed by atoms with Crippen molar-refractivity contribution in [1.82, 2.24) is 4.98 Å². The molecule has 1 aliphatic rings. The molecule has 0 aliphatic heterocycles. The standard InChI is InChI=1S/C13H12N2O/c1-12(16,13(10-14)7-8-13)6-5-11-4-2-3-9-15-11/h2-4,9,16H,7-8H2,1H3/t12-/m0/s1. The highest BCUT2D eigenvalue weighted by atomic mass is 16.3. The molecule has 0 saturated heterocycles. The number of aromatic nitrogens is 1. The lowest BCUT2D eigenvalue weighted by Gasteiger charge is -2.21. The van der Waals surface area contributed by atoms with Crippen molar-refractivity contribution < 1.29 is 5.11 Å². The quantitative estimate of drug-likeness (QED) is 0.717. The normalized spacial score (nSPS) is 19.8. The molecule has 0 amide bonds. The molecule has 80 valence electrons. The van der Waals surface area contributed by atoms with E-state index in [1.54, 1.807) is 25.3 Å². The summed E-state index contributed by atoms with van der Waals surface area (Å²) >= 11 is 0. The molecular weight excluding hydrogens is 200 g/mol. The Labute approximate surface area is 94.8 Å². The van der Waals surface area contributed by atoms with Gasteiger partial charge in [-0.25, -0.2) is 4.98 Å². The van der Waals surface area contributed by atoms with Crippen LogP contribution in [-0.4, -0.2) is 15.7 Å². The predicted octanol–water partition coefficient (Wildman–Crippen LogP) is 1.49. The fourth-order valence-electron chi connectivity index (χ4n) is 1.57. The third-order valence-electron chi connectivity index (χ3n) is 2.99. The van der Waals surface area contributed by atoms with Crippen molar-refractivity contribution >= 4 is 0 Å². The number of hydrogen-bond donors (Lipinski definition) is 1. The summed E-state index contributed by atoms with van der Waals surface area (Å²) in [5.74, 6) is 5.55. The van der Waals surface area contributed by atoms with E-state index in [-0.39, 0.29) is 0 Å². The van der Waals surface area contributed by atoms with Gasteiger partial charge >= 0.3 is 0 Å². The molecule has 3 heteroatoms. The molecule has 1 N–H and O–H groups in total. The van der Waals surface area contributed by atoms with Gasteiger partial charge in [-0.15, -0.1) is 0 Å². The molecule has 3 nitrogen and oxygen atoms in total. The third kappa shape index (κ3) is 1.78. The summed E-state index contributed by atoms with van der Waals surface area (Å²) in [6.45, 7) is 1.60. The number of hydrogen-bond acceptors (Lipinski definition) is 3. The number of rotatable bonds is 1. The number of nitriles is 1. The first kappa shape index (κ1) is 10.7. The Morgan fingerprint density at radius 1 is 1.50 bits per heavy atom. The van der Waals surface area contributed by atoms with Crippen molar-refractivity contribution in [3.8, 4) is 17.9 Å². The maximum atomic E-state index is 10.1. The lowest BCUT2D eigenvalue weighted by Crippen LogP contribution is -2.33. The van der Waals surface area contributed by atoms with Crippen LogP contribution < -0.4 is 0 Å². The average Bonchev–Trinajstić information content (AvgIpc) is 3.09. The zero-order chi connectivity index (χ0) is 11.6. The van der Waals surface area contributed by atoms with E-state index in [2.05, 4.69) is 22.9 Å². The average molecular weight is 212 g/mol. The van der Waals surface area contributed by atoms with Gasteiger partial charge in [0.1, 0.15) is 11.3 Å². The fraction of sp³-hybridized carbons (Fsp3) is 0.385. The van der Waals surface area contributed by atoms with Crippen LogP contribution in [0.15, 0.2) is 24.4 Å². The maximum absolute atomic E-state index is 10.1. The van der Waals surface area contributed by atoms with Gasteiger partial charge in [0.2, 0.25) is 0 Å². The van der Waals surface area contributed by atoms with E-state index in [0.717, 1.165) is 0 Å². The molecule has 1 heterocycles. The number of nitrogens with zero attached hydrogens (tertiary/aromatic N) is 2. The molecule has 1 aliphatic carbocycles. The van der Waals surface area contributed by atoms with Gasteiger partial charge in [0, 0.05) is 6.20 Å². The highest BCUT2D eigenvalue weighted by Gasteiger charge is 2.56. The summed E-state index contributed by atoms with van der Waals surface area (Å²) < 4.78 is 0. The molecule has 16 heavy (non-hydrogen) atoms. The van der Waals surface area contributed by atoms with Gasteiger partial charge < -0.3 is 5.11 Å². The fourth-order valence-corrected chi connectivity index (χ4v) is 1.57. The molecule has 0 bridgehead atoms. The van der Waals surface area contributed by atoms with Crippen molar-refractivity contribution in [2.45, 2.75) is 25.4 Å². The van der Waals surface area contributed by atoms with Gasteiger partial charge in [-0.1, -0.05) is 12.0 Å². The molecule has 0 aromatic carbocycles. The Morgan fingerprint density at radius 3 is 2.75 bits per heavy atom. The first-order valence-corrected chi connectivity index (χ1v) is 5.17. The van der Waals surface area contributed by atoms with Crippen LogP contribution in [0.1, 0.15) is 25.5 Å². The van der Waals surface area contributed by atoms with Crippen LogP contribution in [0.4, 0.5) is 0 Å². The van der Waals surface area contributed by atoms with Crippen LogP contribution in [-0.2, 0) is 0 Å².